The summed E-state index contributed by atoms with van der Waals surface area (Å²) in [5.41, 5.74) is 7.09. The highest BCUT2D eigenvalue weighted by Gasteiger charge is 2.06. The molecule has 0 atom stereocenters. The van der Waals surface area contributed by atoms with Crippen LogP contribution in [0.1, 0.15) is 13.3 Å². The average Bonchev–Trinajstić information content (AvgIpc) is 2.36. The molecule has 92 valence electrons. The number of methoxy groups -OCH3 is 1. The van der Waals surface area contributed by atoms with Crippen molar-refractivity contribution in [1.29, 1.82) is 0 Å². The third-order valence-corrected chi connectivity index (χ3v) is 3.13. The molecule has 0 saturated heterocycles. The Hall–Kier alpha value is -1.49. The molecule has 0 amide bonds. The maximum Gasteiger partial charge on any atom is 0.333 e. The van der Waals surface area contributed by atoms with Gasteiger partial charge >= 0.3 is 5.97 Å². The van der Waals surface area contributed by atoms with Crippen LogP contribution in [0.5, 0.6) is 0 Å². The zero-order valence-corrected chi connectivity index (χ0v) is 10.8. The Morgan fingerprint density at radius 1 is 1.65 bits per heavy atom. The molecule has 1 aromatic rings. The summed E-state index contributed by atoms with van der Waals surface area (Å²) in [5, 5.41) is 0.782. The Morgan fingerprint density at radius 3 is 3.00 bits per heavy atom. The summed E-state index contributed by atoms with van der Waals surface area (Å²) in [6.07, 6.45) is 4.21. The molecule has 0 radical (unpaired) electrons. The Labute approximate surface area is 105 Å². The van der Waals surface area contributed by atoms with Gasteiger partial charge in [0.15, 0.2) is 0 Å². The predicted octanol–water partition coefficient (Wildman–Crippen LogP) is 2.27. The summed E-state index contributed by atoms with van der Waals surface area (Å²) >= 11 is 1.50. The zero-order chi connectivity index (χ0) is 12.7. The molecule has 5 heteroatoms. The Balaban J connectivity index is 2.59. The monoisotopic (exact) mass is 252 g/mol. The van der Waals surface area contributed by atoms with E-state index in [1.165, 1.54) is 18.9 Å². The number of nitrogen functional groups attached to an aromatic ring is 1. The van der Waals surface area contributed by atoms with Crippen LogP contribution in [0.2, 0.25) is 0 Å². The minimum Gasteiger partial charge on any atom is -0.466 e. The van der Waals surface area contributed by atoms with E-state index in [1.807, 2.05) is 13.0 Å². The lowest BCUT2D eigenvalue weighted by atomic mass is 10.2. The van der Waals surface area contributed by atoms with E-state index < -0.39 is 0 Å². The molecule has 4 nitrogen and oxygen atoms in total. The number of carbonyl (C=O) groups is 1. The molecule has 1 rings (SSSR count). The molecule has 0 aliphatic rings. The predicted molar refractivity (Wildman–Crippen MR) is 69.8 cm³/mol. The molecular formula is C12H16N2O2S. The van der Waals surface area contributed by atoms with Gasteiger partial charge in [0, 0.05) is 17.5 Å². The van der Waals surface area contributed by atoms with Gasteiger partial charge in [0.2, 0.25) is 0 Å². The number of nitrogens with two attached hydrogens (primary N) is 1. The van der Waals surface area contributed by atoms with Crippen molar-refractivity contribution in [3.8, 4) is 0 Å². The number of hydrogen-bond acceptors (Lipinski definition) is 5. The van der Waals surface area contributed by atoms with Crippen LogP contribution < -0.4 is 5.73 Å². The van der Waals surface area contributed by atoms with Crippen LogP contribution in [0.4, 0.5) is 5.69 Å². The normalized spacial score (nSPS) is 11.3. The van der Waals surface area contributed by atoms with E-state index in [2.05, 4.69) is 9.72 Å². The second kappa shape index (κ2) is 6.96. The van der Waals surface area contributed by atoms with E-state index in [4.69, 9.17) is 5.73 Å². The number of rotatable bonds is 5. The summed E-state index contributed by atoms with van der Waals surface area (Å²) < 4.78 is 4.67. The summed E-state index contributed by atoms with van der Waals surface area (Å²) in [5.74, 6) is 0.376. The molecule has 0 aromatic carbocycles. The van der Waals surface area contributed by atoms with Crippen molar-refractivity contribution in [3.63, 3.8) is 0 Å². The molecule has 0 spiro atoms. The van der Waals surface area contributed by atoms with E-state index in [-0.39, 0.29) is 5.97 Å². The topological polar surface area (TPSA) is 65.2 Å². The van der Waals surface area contributed by atoms with Gasteiger partial charge in [-0.1, -0.05) is 13.0 Å². The summed E-state index contributed by atoms with van der Waals surface area (Å²) in [6.45, 7) is 1.92. The SMILES string of the molecule is CCC(=CCSc1ncccc1N)C(=O)OC. The third-order valence-electron chi connectivity index (χ3n) is 2.18. The summed E-state index contributed by atoms with van der Waals surface area (Å²) in [6, 6.07) is 3.60. The van der Waals surface area contributed by atoms with Crippen molar-refractivity contribution in [3.05, 3.63) is 30.0 Å². The fourth-order valence-corrected chi connectivity index (χ4v) is 2.06. The van der Waals surface area contributed by atoms with Crippen LogP contribution in [0, 0.1) is 0 Å². The van der Waals surface area contributed by atoms with Gasteiger partial charge in [0.25, 0.3) is 0 Å². The first-order valence-corrected chi connectivity index (χ1v) is 6.28. The number of thioether (sulfide) groups is 1. The molecule has 0 aliphatic heterocycles. The quantitative estimate of drug-likeness (QED) is 0.494. The minimum atomic E-state index is -0.276. The first-order valence-electron chi connectivity index (χ1n) is 5.29. The fraction of sp³-hybridized carbons (Fsp3) is 0.333. The van der Waals surface area contributed by atoms with Crippen LogP contribution in [-0.4, -0.2) is 23.8 Å². The fourth-order valence-electron chi connectivity index (χ4n) is 1.25. The molecular weight excluding hydrogens is 236 g/mol. The van der Waals surface area contributed by atoms with Crippen LogP contribution in [-0.2, 0) is 9.53 Å². The number of ether oxygens (including phenoxy) is 1. The van der Waals surface area contributed by atoms with E-state index in [9.17, 15) is 4.79 Å². The van der Waals surface area contributed by atoms with Gasteiger partial charge in [-0.2, -0.15) is 0 Å². The first-order chi connectivity index (χ1) is 8.19. The standard InChI is InChI=1S/C12H16N2O2S/c1-3-9(12(15)16-2)6-8-17-11-10(13)5-4-7-14-11/h4-7H,3,8,13H2,1-2H3. The maximum absolute atomic E-state index is 11.3. The number of anilines is 1. The first kappa shape index (κ1) is 13.6. The number of pyridine rings is 1. The van der Waals surface area contributed by atoms with E-state index in [1.54, 1.807) is 18.3 Å². The van der Waals surface area contributed by atoms with Crippen molar-refractivity contribution in [2.75, 3.05) is 18.6 Å². The van der Waals surface area contributed by atoms with Gasteiger partial charge in [-0.3, -0.25) is 0 Å². The molecule has 0 unspecified atom stereocenters. The van der Waals surface area contributed by atoms with Gasteiger partial charge in [-0.05, 0) is 18.6 Å². The lowest BCUT2D eigenvalue weighted by Gasteiger charge is -2.03. The summed E-state index contributed by atoms with van der Waals surface area (Å²) in [7, 11) is 1.38. The van der Waals surface area contributed by atoms with Gasteiger partial charge < -0.3 is 10.5 Å². The van der Waals surface area contributed by atoms with E-state index in [0.29, 0.717) is 23.4 Å². The number of nitrogens with zero attached hydrogens (tertiary/aromatic N) is 1. The van der Waals surface area contributed by atoms with Gasteiger partial charge in [0.1, 0.15) is 5.03 Å². The Kier molecular flexibility index (Phi) is 5.56. The average molecular weight is 252 g/mol. The molecule has 2 N–H and O–H groups in total. The van der Waals surface area contributed by atoms with Crippen LogP contribution in [0.15, 0.2) is 35.0 Å². The number of esters is 1. The summed E-state index contributed by atoms with van der Waals surface area (Å²) in [4.78, 5) is 15.5. The molecule has 17 heavy (non-hydrogen) atoms. The molecule has 0 fully saturated rings. The number of hydrogen-bond donors (Lipinski definition) is 1. The van der Waals surface area contributed by atoms with Gasteiger partial charge in [-0.15, -0.1) is 11.8 Å². The highest BCUT2D eigenvalue weighted by Crippen LogP contribution is 2.22. The number of carbonyl (C=O) groups excluding carboxylic acids is 1. The van der Waals surface area contributed by atoms with Crippen molar-refractivity contribution < 1.29 is 9.53 Å². The van der Waals surface area contributed by atoms with Gasteiger partial charge in [-0.25, -0.2) is 9.78 Å². The highest BCUT2D eigenvalue weighted by molar-refractivity contribution is 7.99. The van der Waals surface area contributed by atoms with Crippen LogP contribution in [0.3, 0.4) is 0 Å². The highest BCUT2D eigenvalue weighted by atomic mass is 32.2. The van der Waals surface area contributed by atoms with E-state index >= 15 is 0 Å². The van der Waals surface area contributed by atoms with Crippen molar-refractivity contribution in [1.82, 2.24) is 4.98 Å². The lowest BCUT2D eigenvalue weighted by Crippen LogP contribution is -2.04. The van der Waals surface area contributed by atoms with Crippen LogP contribution in [0.25, 0.3) is 0 Å². The van der Waals surface area contributed by atoms with Crippen molar-refractivity contribution in [2.24, 2.45) is 0 Å². The van der Waals surface area contributed by atoms with Gasteiger partial charge in [0.05, 0.1) is 12.8 Å². The molecule has 1 aromatic heterocycles. The minimum absolute atomic E-state index is 0.276. The third kappa shape index (κ3) is 4.11. The molecule has 0 saturated carbocycles. The zero-order valence-electron chi connectivity index (χ0n) is 9.97. The smallest absolute Gasteiger partial charge is 0.333 e. The second-order valence-electron chi connectivity index (χ2n) is 3.28. The Morgan fingerprint density at radius 2 is 2.41 bits per heavy atom. The largest absolute Gasteiger partial charge is 0.466 e. The van der Waals surface area contributed by atoms with Crippen molar-refractivity contribution >= 4 is 23.4 Å². The van der Waals surface area contributed by atoms with E-state index in [0.717, 1.165) is 5.03 Å². The lowest BCUT2D eigenvalue weighted by molar-refractivity contribution is -0.136. The number of aromatic nitrogens is 1. The Bertz CT molecular complexity index is 419. The van der Waals surface area contributed by atoms with Crippen molar-refractivity contribution in [2.45, 2.75) is 18.4 Å². The molecule has 0 aliphatic carbocycles. The maximum atomic E-state index is 11.3. The molecule has 0 bridgehead atoms. The van der Waals surface area contributed by atoms with Crippen LogP contribution >= 0.6 is 11.8 Å². The molecule has 1 heterocycles. The second-order valence-corrected chi connectivity index (χ2v) is 4.29.